The summed E-state index contributed by atoms with van der Waals surface area (Å²) in [4.78, 5) is 30.1. The van der Waals surface area contributed by atoms with E-state index in [0.717, 1.165) is 5.56 Å². The third-order valence-corrected chi connectivity index (χ3v) is 4.43. The Balaban J connectivity index is 2.08. The Morgan fingerprint density at radius 3 is 2.61 bits per heavy atom. The summed E-state index contributed by atoms with van der Waals surface area (Å²) in [6.07, 6.45) is 2.06. The number of carbonyl (C=O) groups excluding carboxylic acids is 1. The van der Waals surface area contributed by atoms with Gasteiger partial charge in [0.25, 0.3) is 0 Å². The average Bonchev–Trinajstić information content (AvgIpc) is 3.04. The van der Waals surface area contributed by atoms with Crippen LogP contribution in [0, 0.1) is 0 Å². The summed E-state index contributed by atoms with van der Waals surface area (Å²) in [5, 5.41) is 16.4. The lowest BCUT2D eigenvalue weighted by molar-refractivity contribution is -0.123. The monoisotopic (exact) mass is 425 g/mol. The highest BCUT2D eigenvalue weighted by Crippen LogP contribution is 2.22. The number of rotatable bonds is 7. The van der Waals surface area contributed by atoms with Crippen molar-refractivity contribution in [3.8, 4) is 23.0 Å². The summed E-state index contributed by atoms with van der Waals surface area (Å²) < 4.78 is 7.77. The first-order valence-electron chi connectivity index (χ1n) is 9.93. The van der Waals surface area contributed by atoms with Crippen molar-refractivity contribution in [2.75, 3.05) is 13.7 Å². The Labute approximate surface area is 180 Å². The predicted molar refractivity (Wildman–Crippen MR) is 116 cm³/mol. The van der Waals surface area contributed by atoms with Crippen LogP contribution in [0.3, 0.4) is 0 Å². The van der Waals surface area contributed by atoms with Gasteiger partial charge in [-0.2, -0.15) is 4.68 Å². The predicted octanol–water partition coefficient (Wildman–Crippen LogP) is 1.55. The zero-order valence-corrected chi connectivity index (χ0v) is 18.1. The number of pyridine rings is 1. The van der Waals surface area contributed by atoms with Crippen molar-refractivity contribution in [3.63, 3.8) is 0 Å². The van der Waals surface area contributed by atoms with Crippen LogP contribution in [0.4, 0.5) is 0 Å². The Hall–Kier alpha value is -3.46. The summed E-state index contributed by atoms with van der Waals surface area (Å²) in [6, 6.07) is 10.6. The van der Waals surface area contributed by atoms with E-state index >= 15 is 0 Å². The lowest BCUT2D eigenvalue weighted by Crippen LogP contribution is -2.43. The van der Waals surface area contributed by atoms with Gasteiger partial charge in [0.1, 0.15) is 12.3 Å². The normalized spacial score (nSPS) is 11.4. The molecule has 3 rings (SSSR count). The zero-order valence-electron chi connectivity index (χ0n) is 18.1. The van der Waals surface area contributed by atoms with Crippen LogP contribution < -0.4 is 15.7 Å². The molecule has 1 aromatic carbocycles. The van der Waals surface area contributed by atoms with Gasteiger partial charge in [0.15, 0.2) is 11.6 Å². The highest BCUT2D eigenvalue weighted by Gasteiger charge is 2.21. The number of aromatic nitrogens is 4. The van der Waals surface area contributed by atoms with Crippen molar-refractivity contribution in [2.24, 2.45) is 0 Å². The molecular weight excluding hydrogens is 398 g/mol. The number of aliphatic hydroxyl groups is 1. The molecule has 2 aromatic heterocycles. The SMILES string of the molecule is COc1cccc(-c2nn(-c3ccc(CCO)cn3)c(=O)n2CC(=O)NC(C)(C)C)c1. The number of nitrogens with zero attached hydrogens (tertiary/aromatic N) is 4. The van der Waals surface area contributed by atoms with E-state index in [9.17, 15) is 9.59 Å². The van der Waals surface area contributed by atoms with Crippen LogP contribution in [-0.4, -0.2) is 49.6 Å². The number of nitrogens with one attached hydrogen (secondary N) is 1. The quantitative estimate of drug-likeness (QED) is 0.594. The molecule has 31 heavy (non-hydrogen) atoms. The molecule has 2 heterocycles. The van der Waals surface area contributed by atoms with E-state index in [-0.39, 0.29) is 19.1 Å². The maximum atomic E-state index is 13.2. The number of benzene rings is 1. The maximum absolute atomic E-state index is 13.2. The summed E-state index contributed by atoms with van der Waals surface area (Å²) in [7, 11) is 1.55. The van der Waals surface area contributed by atoms with Gasteiger partial charge >= 0.3 is 5.69 Å². The standard InChI is InChI=1S/C22H27N5O4/c1-22(2,3)24-19(29)14-26-20(16-6-5-7-17(12-16)31-4)25-27(21(26)30)18-9-8-15(10-11-28)13-23-18/h5-9,12-13,28H,10-11,14H2,1-4H3,(H,24,29). The van der Waals surface area contributed by atoms with Crippen LogP contribution in [0.25, 0.3) is 17.2 Å². The molecule has 1 amide bonds. The van der Waals surface area contributed by atoms with Gasteiger partial charge in [0, 0.05) is 23.9 Å². The Morgan fingerprint density at radius 1 is 1.23 bits per heavy atom. The topological polar surface area (TPSA) is 111 Å². The fraction of sp³-hybridized carbons (Fsp3) is 0.364. The summed E-state index contributed by atoms with van der Waals surface area (Å²) in [6.45, 7) is 5.44. The number of hydrogen-bond acceptors (Lipinski definition) is 6. The van der Waals surface area contributed by atoms with Crippen molar-refractivity contribution < 1.29 is 14.6 Å². The van der Waals surface area contributed by atoms with E-state index in [0.29, 0.717) is 29.4 Å². The van der Waals surface area contributed by atoms with Gasteiger partial charge in [0.2, 0.25) is 5.91 Å². The number of ether oxygens (including phenoxy) is 1. The van der Waals surface area contributed by atoms with Crippen molar-refractivity contribution in [3.05, 3.63) is 58.6 Å². The largest absolute Gasteiger partial charge is 0.497 e. The number of hydrogen-bond donors (Lipinski definition) is 2. The molecule has 0 aliphatic heterocycles. The number of methoxy groups -OCH3 is 1. The van der Waals surface area contributed by atoms with Crippen LogP contribution in [0.2, 0.25) is 0 Å². The first-order valence-corrected chi connectivity index (χ1v) is 9.93. The van der Waals surface area contributed by atoms with Crippen molar-refractivity contribution in [2.45, 2.75) is 39.3 Å². The number of aliphatic hydroxyl groups excluding tert-OH is 1. The molecule has 0 saturated carbocycles. The molecule has 0 aliphatic carbocycles. The second kappa shape index (κ2) is 9.13. The van der Waals surface area contributed by atoms with Gasteiger partial charge < -0.3 is 15.2 Å². The van der Waals surface area contributed by atoms with Crippen molar-refractivity contribution in [1.82, 2.24) is 24.6 Å². The summed E-state index contributed by atoms with van der Waals surface area (Å²) in [5.41, 5.74) is 0.563. The highest BCUT2D eigenvalue weighted by atomic mass is 16.5. The molecule has 0 spiro atoms. The molecule has 0 fully saturated rings. The van der Waals surface area contributed by atoms with Crippen LogP contribution in [0.15, 0.2) is 47.4 Å². The first-order chi connectivity index (χ1) is 14.7. The van der Waals surface area contributed by atoms with E-state index in [1.54, 1.807) is 49.7 Å². The zero-order chi connectivity index (χ0) is 22.6. The van der Waals surface area contributed by atoms with Crippen molar-refractivity contribution in [1.29, 1.82) is 0 Å². The Morgan fingerprint density at radius 2 is 2.00 bits per heavy atom. The minimum atomic E-state index is -0.482. The van der Waals surface area contributed by atoms with Gasteiger partial charge in [-0.15, -0.1) is 5.10 Å². The van der Waals surface area contributed by atoms with Crippen molar-refractivity contribution >= 4 is 5.91 Å². The third kappa shape index (κ3) is 5.37. The van der Waals surface area contributed by atoms with Gasteiger partial charge in [-0.1, -0.05) is 18.2 Å². The molecule has 0 atom stereocenters. The average molecular weight is 425 g/mol. The molecule has 0 bridgehead atoms. The molecule has 0 radical (unpaired) electrons. The molecule has 9 heteroatoms. The van der Waals surface area contributed by atoms with E-state index in [4.69, 9.17) is 9.84 Å². The minimum Gasteiger partial charge on any atom is -0.497 e. The van der Waals surface area contributed by atoms with Gasteiger partial charge in [-0.3, -0.25) is 9.36 Å². The fourth-order valence-electron chi connectivity index (χ4n) is 3.08. The van der Waals surface area contributed by atoms with E-state index < -0.39 is 11.2 Å². The van der Waals surface area contributed by atoms with Crippen LogP contribution in [0.1, 0.15) is 26.3 Å². The van der Waals surface area contributed by atoms with Crippen LogP contribution in [0.5, 0.6) is 5.75 Å². The lowest BCUT2D eigenvalue weighted by atomic mass is 10.1. The maximum Gasteiger partial charge on any atom is 0.352 e. The first kappa shape index (κ1) is 22.2. The molecule has 0 saturated heterocycles. The molecule has 164 valence electrons. The number of carbonyl (C=O) groups is 1. The van der Waals surface area contributed by atoms with Gasteiger partial charge in [0.05, 0.1) is 7.11 Å². The second-order valence-corrected chi connectivity index (χ2v) is 8.13. The van der Waals surface area contributed by atoms with Gasteiger partial charge in [-0.25, -0.2) is 9.78 Å². The number of amides is 1. The molecule has 2 N–H and O–H groups in total. The molecular formula is C22H27N5O4. The molecule has 0 aliphatic rings. The van der Waals surface area contributed by atoms with Crippen LogP contribution in [-0.2, 0) is 17.8 Å². The fourth-order valence-corrected chi connectivity index (χ4v) is 3.08. The molecule has 9 nitrogen and oxygen atoms in total. The second-order valence-electron chi connectivity index (χ2n) is 8.13. The summed E-state index contributed by atoms with van der Waals surface area (Å²) >= 11 is 0. The Bertz CT molecular complexity index is 1110. The molecule has 0 unspecified atom stereocenters. The smallest absolute Gasteiger partial charge is 0.352 e. The third-order valence-electron chi connectivity index (χ3n) is 4.43. The van der Waals surface area contributed by atoms with E-state index in [1.165, 1.54) is 9.25 Å². The molecule has 3 aromatic rings. The minimum absolute atomic E-state index is 0.0124. The summed E-state index contributed by atoms with van der Waals surface area (Å²) in [5.74, 6) is 0.959. The van der Waals surface area contributed by atoms with E-state index in [1.807, 2.05) is 20.8 Å². The van der Waals surface area contributed by atoms with Crippen LogP contribution >= 0.6 is 0 Å². The Kier molecular flexibility index (Phi) is 6.55. The van der Waals surface area contributed by atoms with E-state index in [2.05, 4.69) is 15.4 Å². The lowest BCUT2D eigenvalue weighted by Gasteiger charge is -2.20. The highest BCUT2D eigenvalue weighted by molar-refractivity contribution is 5.77. The van der Waals surface area contributed by atoms with Gasteiger partial charge in [-0.05, 0) is 51.0 Å².